The first-order valence-electron chi connectivity index (χ1n) is 4.28. The van der Waals surface area contributed by atoms with Crippen LogP contribution >= 0.6 is 0 Å². The Morgan fingerprint density at radius 1 is 1.58 bits per heavy atom. The Kier molecular flexibility index (Phi) is 6.73. The highest BCUT2D eigenvalue weighted by atomic mass is 16.5. The van der Waals surface area contributed by atoms with Gasteiger partial charge in [0.05, 0.1) is 6.07 Å². The lowest BCUT2D eigenvalue weighted by Crippen LogP contribution is -2.30. The summed E-state index contributed by atoms with van der Waals surface area (Å²) in [6.45, 7) is 3.79. The van der Waals surface area contributed by atoms with Crippen LogP contribution < -0.4 is 0 Å². The fourth-order valence-electron chi connectivity index (χ4n) is 0.956. The summed E-state index contributed by atoms with van der Waals surface area (Å²) in [5.74, 6) is 0. The van der Waals surface area contributed by atoms with Crippen molar-refractivity contribution in [2.75, 3.05) is 27.3 Å². The summed E-state index contributed by atoms with van der Waals surface area (Å²) in [5.41, 5.74) is 0. The van der Waals surface area contributed by atoms with Crippen LogP contribution in [0.15, 0.2) is 0 Å². The highest BCUT2D eigenvalue weighted by Crippen LogP contribution is 2.01. The van der Waals surface area contributed by atoms with Gasteiger partial charge in [-0.05, 0) is 20.4 Å². The van der Waals surface area contributed by atoms with E-state index in [0.717, 1.165) is 19.6 Å². The first-order valence-corrected chi connectivity index (χ1v) is 4.28. The number of rotatable bonds is 6. The Morgan fingerprint density at radius 3 is 2.75 bits per heavy atom. The Bertz CT molecular complexity index is 142. The number of nitrogens with zero attached hydrogens (tertiary/aromatic N) is 2. The highest BCUT2D eigenvalue weighted by Gasteiger charge is 2.07. The average molecular weight is 170 g/mol. The maximum atomic E-state index is 8.37. The van der Waals surface area contributed by atoms with E-state index in [2.05, 4.69) is 17.9 Å². The molecule has 1 unspecified atom stereocenters. The van der Waals surface area contributed by atoms with E-state index in [4.69, 9.17) is 10.00 Å². The van der Waals surface area contributed by atoms with E-state index in [1.54, 1.807) is 7.11 Å². The third-order valence-corrected chi connectivity index (χ3v) is 2.07. The summed E-state index contributed by atoms with van der Waals surface area (Å²) < 4.78 is 4.98. The molecule has 0 N–H and O–H groups in total. The molecule has 0 spiro atoms. The van der Waals surface area contributed by atoms with E-state index in [-0.39, 0.29) is 0 Å². The molecule has 3 nitrogen and oxygen atoms in total. The zero-order chi connectivity index (χ0) is 9.40. The largest absolute Gasteiger partial charge is 0.385 e. The molecule has 0 aromatic heterocycles. The van der Waals surface area contributed by atoms with E-state index < -0.39 is 0 Å². The second-order valence-corrected chi connectivity index (χ2v) is 3.02. The maximum Gasteiger partial charge on any atom is 0.0635 e. The van der Waals surface area contributed by atoms with E-state index in [1.807, 2.05) is 7.05 Å². The molecular formula is C9H18N2O. The monoisotopic (exact) mass is 170 g/mol. The van der Waals surface area contributed by atoms with Gasteiger partial charge in [-0.25, -0.2) is 0 Å². The Morgan fingerprint density at radius 2 is 2.25 bits per heavy atom. The minimum Gasteiger partial charge on any atom is -0.385 e. The summed E-state index contributed by atoms with van der Waals surface area (Å²) in [6.07, 6.45) is 1.63. The number of nitriles is 1. The molecule has 0 rings (SSSR count). The molecule has 0 fully saturated rings. The molecular weight excluding hydrogens is 152 g/mol. The quantitative estimate of drug-likeness (QED) is 0.602. The van der Waals surface area contributed by atoms with Gasteiger partial charge in [0.25, 0.3) is 0 Å². The molecule has 0 aliphatic carbocycles. The summed E-state index contributed by atoms with van der Waals surface area (Å²) in [6, 6.07) is 2.64. The van der Waals surface area contributed by atoms with Crippen molar-refractivity contribution in [2.24, 2.45) is 0 Å². The molecule has 0 aromatic rings. The standard InChI is InChI=1S/C9H18N2O/c1-9(5-8-12-3)11(2)7-4-6-10/h9H,4-5,7-8H2,1-3H3. The first kappa shape index (κ1) is 11.4. The van der Waals surface area contributed by atoms with E-state index >= 15 is 0 Å². The van der Waals surface area contributed by atoms with Crippen LogP contribution in [0, 0.1) is 11.3 Å². The van der Waals surface area contributed by atoms with Gasteiger partial charge in [-0.1, -0.05) is 0 Å². The average Bonchev–Trinajstić information content (AvgIpc) is 2.10. The molecule has 0 radical (unpaired) electrons. The predicted molar refractivity (Wildman–Crippen MR) is 48.8 cm³/mol. The smallest absolute Gasteiger partial charge is 0.0635 e. The van der Waals surface area contributed by atoms with E-state index in [1.165, 1.54) is 0 Å². The Balaban J connectivity index is 3.47. The fraction of sp³-hybridized carbons (Fsp3) is 0.889. The molecule has 0 aromatic carbocycles. The van der Waals surface area contributed by atoms with Gasteiger partial charge in [0, 0.05) is 32.7 Å². The Hall–Kier alpha value is -0.590. The molecule has 3 heteroatoms. The van der Waals surface area contributed by atoms with Crippen molar-refractivity contribution in [2.45, 2.75) is 25.8 Å². The molecule has 1 atom stereocenters. The SMILES string of the molecule is COCCC(C)N(C)CCC#N. The molecule has 0 saturated carbocycles. The Labute approximate surface area is 74.9 Å². The number of ether oxygens (including phenoxy) is 1. The van der Waals surface area contributed by atoms with Gasteiger partial charge >= 0.3 is 0 Å². The summed E-state index contributed by atoms with van der Waals surface area (Å²) >= 11 is 0. The molecule has 70 valence electrons. The van der Waals surface area contributed by atoms with Crippen LogP contribution in [0.25, 0.3) is 0 Å². The predicted octanol–water partition coefficient (Wildman–Crippen LogP) is 1.26. The van der Waals surface area contributed by atoms with Crippen molar-refractivity contribution in [1.82, 2.24) is 4.90 Å². The number of methoxy groups -OCH3 is 1. The van der Waals surface area contributed by atoms with Crippen LogP contribution in [0.4, 0.5) is 0 Å². The van der Waals surface area contributed by atoms with Gasteiger partial charge in [0.15, 0.2) is 0 Å². The van der Waals surface area contributed by atoms with Crippen molar-refractivity contribution < 1.29 is 4.74 Å². The van der Waals surface area contributed by atoms with Gasteiger partial charge in [0.2, 0.25) is 0 Å². The topological polar surface area (TPSA) is 36.3 Å². The number of hydrogen-bond acceptors (Lipinski definition) is 3. The van der Waals surface area contributed by atoms with Crippen LogP contribution in [-0.4, -0.2) is 38.3 Å². The second kappa shape index (κ2) is 7.08. The molecule has 0 aliphatic heterocycles. The van der Waals surface area contributed by atoms with Gasteiger partial charge < -0.3 is 9.64 Å². The first-order chi connectivity index (χ1) is 5.72. The summed E-state index contributed by atoms with van der Waals surface area (Å²) in [7, 11) is 3.75. The second-order valence-electron chi connectivity index (χ2n) is 3.02. The van der Waals surface area contributed by atoms with Gasteiger partial charge in [-0.2, -0.15) is 5.26 Å². The fourth-order valence-corrected chi connectivity index (χ4v) is 0.956. The van der Waals surface area contributed by atoms with Crippen molar-refractivity contribution in [3.8, 4) is 6.07 Å². The molecule has 12 heavy (non-hydrogen) atoms. The molecule has 0 saturated heterocycles. The lowest BCUT2D eigenvalue weighted by molar-refractivity contribution is 0.154. The lowest BCUT2D eigenvalue weighted by atomic mass is 10.2. The van der Waals surface area contributed by atoms with Crippen LogP contribution in [0.2, 0.25) is 0 Å². The molecule has 0 aliphatic rings. The zero-order valence-corrected chi connectivity index (χ0v) is 8.21. The van der Waals surface area contributed by atoms with Crippen molar-refractivity contribution in [3.05, 3.63) is 0 Å². The van der Waals surface area contributed by atoms with Crippen molar-refractivity contribution in [3.63, 3.8) is 0 Å². The van der Waals surface area contributed by atoms with Crippen LogP contribution in [-0.2, 0) is 4.74 Å². The molecule has 0 bridgehead atoms. The van der Waals surface area contributed by atoms with E-state index in [9.17, 15) is 0 Å². The third kappa shape index (κ3) is 5.11. The van der Waals surface area contributed by atoms with Gasteiger partial charge in [0.1, 0.15) is 0 Å². The van der Waals surface area contributed by atoms with Crippen molar-refractivity contribution in [1.29, 1.82) is 5.26 Å². The summed E-state index contributed by atoms with van der Waals surface area (Å²) in [5, 5.41) is 8.37. The number of hydrogen-bond donors (Lipinski definition) is 0. The normalized spacial score (nSPS) is 12.9. The minimum absolute atomic E-state index is 0.498. The van der Waals surface area contributed by atoms with E-state index in [0.29, 0.717) is 12.5 Å². The van der Waals surface area contributed by atoms with Crippen molar-refractivity contribution >= 4 is 0 Å². The zero-order valence-electron chi connectivity index (χ0n) is 8.21. The molecule has 0 amide bonds. The van der Waals surface area contributed by atoms with Crippen LogP contribution in [0.1, 0.15) is 19.8 Å². The lowest BCUT2D eigenvalue weighted by Gasteiger charge is -2.23. The molecule has 0 heterocycles. The van der Waals surface area contributed by atoms with Gasteiger partial charge in [-0.3, -0.25) is 0 Å². The summed E-state index contributed by atoms with van der Waals surface area (Å²) in [4.78, 5) is 2.18. The van der Waals surface area contributed by atoms with Gasteiger partial charge in [-0.15, -0.1) is 0 Å². The maximum absolute atomic E-state index is 8.37. The third-order valence-electron chi connectivity index (χ3n) is 2.07. The van der Waals surface area contributed by atoms with Crippen LogP contribution in [0.5, 0.6) is 0 Å². The minimum atomic E-state index is 0.498. The highest BCUT2D eigenvalue weighted by molar-refractivity contribution is 4.73. The van der Waals surface area contributed by atoms with Crippen LogP contribution in [0.3, 0.4) is 0 Å².